The molecule has 0 bridgehead atoms. The molecule has 3 N–H and O–H groups in total. The van der Waals surface area contributed by atoms with Crippen molar-refractivity contribution < 1.29 is 14.6 Å². The Morgan fingerprint density at radius 1 is 1.39 bits per heavy atom. The van der Waals surface area contributed by atoms with Crippen molar-refractivity contribution in [2.45, 2.75) is 38.7 Å². The first-order valence-electron chi connectivity index (χ1n) is 10.9. The molecule has 0 saturated carbocycles. The number of carbonyl (C=O) groups excluding carboxylic acids is 1. The zero-order valence-corrected chi connectivity index (χ0v) is 19.6. The number of ether oxygens (including phenoxy) is 1. The Labute approximate surface area is 194 Å². The first-order valence-corrected chi connectivity index (χ1v) is 11.7. The highest BCUT2D eigenvalue weighted by Gasteiger charge is 2.30. The van der Waals surface area contributed by atoms with Crippen LogP contribution in [0.3, 0.4) is 0 Å². The first kappa shape index (κ1) is 21.6. The smallest absolute Gasteiger partial charge is 0.223 e. The third-order valence-corrected chi connectivity index (χ3v) is 7.04. The van der Waals surface area contributed by atoms with Gasteiger partial charge in [-0.25, -0.2) is 14.5 Å². The topological polar surface area (TPSA) is 114 Å². The summed E-state index contributed by atoms with van der Waals surface area (Å²) in [6, 6.07) is 3.90. The number of pyridine rings is 1. The van der Waals surface area contributed by atoms with Gasteiger partial charge < -0.3 is 20.5 Å². The average Bonchev–Trinajstić information content (AvgIpc) is 3.39. The van der Waals surface area contributed by atoms with Crippen LogP contribution in [0.5, 0.6) is 5.75 Å². The number of carbonyl (C=O) groups is 1. The molecule has 1 atom stereocenters. The van der Waals surface area contributed by atoms with E-state index < -0.39 is 5.60 Å². The molecule has 5 rings (SSSR count). The van der Waals surface area contributed by atoms with Gasteiger partial charge in [0.25, 0.3) is 0 Å². The van der Waals surface area contributed by atoms with E-state index in [-0.39, 0.29) is 18.4 Å². The van der Waals surface area contributed by atoms with Gasteiger partial charge in [-0.2, -0.15) is 5.10 Å². The molecular formula is C23H26N6O3S. The van der Waals surface area contributed by atoms with Gasteiger partial charge in [-0.3, -0.25) is 4.79 Å². The third-order valence-electron chi connectivity index (χ3n) is 5.88. The molecule has 4 aromatic heterocycles. The van der Waals surface area contributed by atoms with Crippen LogP contribution in [0, 0.1) is 5.92 Å². The lowest BCUT2D eigenvalue weighted by molar-refractivity contribution is -0.126. The molecule has 9 nitrogen and oxygen atoms in total. The van der Waals surface area contributed by atoms with Crippen molar-refractivity contribution >= 4 is 44.5 Å². The molecule has 0 aromatic carbocycles. The number of methoxy groups -OCH3 is 1. The number of hydrogen-bond acceptors (Lipinski definition) is 8. The van der Waals surface area contributed by atoms with Gasteiger partial charge >= 0.3 is 0 Å². The summed E-state index contributed by atoms with van der Waals surface area (Å²) >= 11 is 1.62. The SMILES string of the molecule is COc1cn2nccc2cc1Nc1ncnc2sc3c(c12)CC[C@H](C(=O)NCC(C)(C)O)C3. The van der Waals surface area contributed by atoms with E-state index in [1.807, 2.05) is 18.3 Å². The largest absolute Gasteiger partial charge is 0.493 e. The molecule has 0 saturated heterocycles. The lowest BCUT2D eigenvalue weighted by atomic mass is 9.87. The lowest BCUT2D eigenvalue weighted by Crippen LogP contribution is -2.42. The van der Waals surface area contributed by atoms with E-state index in [9.17, 15) is 9.90 Å². The summed E-state index contributed by atoms with van der Waals surface area (Å²) in [6.07, 6.45) is 7.32. The summed E-state index contributed by atoms with van der Waals surface area (Å²) < 4.78 is 7.32. The molecule has 33 heavy (non-hydrogen) atoms. The number of aliphatic hydroxyl groups is 1. The Balaban J connectivity index is 1.44. The summed E-state index contributed by atoms with van der Waals surface area (Å²) in [5, 5.41) is 21.5. The maximum Gasteiger partial charge on any atom is 0.223 e. The van der Waals surface area contributed by atoms with Crippen LogP contribution in [0.15, 0.2) is 30.9 Å². The number of rotatable bonds is 6. The zero-order valence-electron chi connectivity index (χ0n) is 18.8. The normalized spacial score (nSPS) is 16.1. The number of aromatic nitrogens is 4. The minimum Gasteiger partial charge on any atom is -0.493 e. The maximum atomic E-state index is 12.7. The number of aryl methyl sites for hydroxylation is 1. The minimum absolute atomic E-state index is 0.0106. The molecule has 0 radical (unpaired) electrons. The number of fused-ring (bicyclic) bond motifs is 4. The van der Waals surface area contributed by atoms with E-state index >= 15 is 0 Å². The van der Waals surface area contributed by atoms with Crippen LogP contribution in [0.4, 0.5) is 11.5 Å². The predicted octanol–water partition coefficient (Wildman–Crippen LogP) is 3.08. The minimum atomic E-state index is -0.926. The molecule has 172 valence electrons. The molecule has 0 aliphatic heterocycles. The Kier molecular flexibility index (Phi) is 5.41. The van der Waals surface area contributed by atoms with Crippen LogP contribution in [0.1, 0.15) is 30.7 Å². The van der Waals surface area contributed by atoms with Crippen molar-refractivity contribution in [3.05, 3.63) is 41.3 Å². The lowest BCUT2D eigenvalue weighted by Gasteiger charge is -2.24. The molecular weight excluding hydrogens is 440 g/mol. The molecule has 4 aromatic rings. The molecule has 0 spiro atoms. The van der Waals surface area contributed by atoms with Crippen molar-refractivity contribution in [3.8, 4) is 5.75 Å². The summed E-state index contributed by atoms with van der Waals surface area (Å²) in [7, 11) is 1.63. The van der Waals surface area contributed by atoms with Crippen LogP contribution < -0.4 is 15.4 Å². The van der Waals surface area contributed by atoms with Gasteiger partial charge in [0, 0.05) is 23.5 Å². The molecule has 0 unspecified atom stereocenters. The molecule has 1 amide bonds. The molecule has 1 aliphatic rings. The van der Waals surface area contributed by atoms with E-state index in [2.05, 4.69) is 25.7 Å². The Hall–Kier alpha value is -3.24. The van der Waals surface area contributed by atoms with Crippen LogP contribution >= 0.6 is 11.3 Å². The van der Waals surface area contributed by atoms with Crippen molar-refractivity contribution in [1.29, 1.82) is 0 Å². The summed E-state index contributed by atoms with van der Waals surface area (Å²) in [5.74, 6) is 1.26. The first-order chi connectivity index (χ1) is 15.8. The Bertz CT molecular complexity index is 1340. The fourth-order valence-electron chi connectivity index (χ4n) is 4.21. The second-order valence-electron chi connectivity index (χ2n) is 8.96. The average molecular weight is 467 g/mol. The van der Waals surface area contributed by atoms with Crippen LogP contribution in [-0.2, 0) is 17.6 Å². The van der Waals surface area contributed by atoms with Gasteiger partial charge in [0.2, 0.25) is 5.91 Å². The molecule has 4 heterocycles. The van der Waals surface area contributed by atoms with Gasteiger partial charge in [0.15, 0.2) is 5.75 Å². The molecule has 1 aliphatic carbocycles. The maximum absolute atomic E-state index is 12.7. The summed E-state index contributed by atoms with van der Waals surface area (Å²) in [6.45, 7) is 3.61. The number of anilines is 2. The monoisotopic (exact) mass is 466 g/mol. The van der Waals surface area contributed by atoms with Crippen LogP contribution in [0.2, 0.25) is 0 Å². The van der Waals surface area contributed by atoms with Crippen molar-refractivity contribution in [2.75, 3.05) is 19.0 Å². The Morgan fingerprint density at radius 3 is 3.03 bits per heavy atom. The van der Waals surface area contributed by atoms with E-state index in [0.29, 0.717) is 12.2 Å². The molecule has 10 heteroatoms. The third kappa shape index (κ3) is 4.23. The number of thiophene rings is 1. The van der Waals surface area contributed by atoms with Crippen molar-refractivity contribution in [1.82, 2.24) is 24.9 Å². The van der Waals surface area contributed by atoms with Gasteiger partial charge in [0.05, 0.1) is 35.5 Å². The molecule has 0 fully saturated rings. The highest BCUT2D eigenvalue weighted by Crippen LogP contribution is 2.41. The Morgan fingerprint density at radius 2 is 2.24 bits per heavy atom. The quantitative estimate of drug-likeness (QED) is 0.400. The van der Waals surface area contributed by atoms with E-state index in [1.165, 1.54) is 10.4 Å². The van der Waals surface area contributed by atoms with Gasteiger partial charge in [-0.15, -0.1) is 11.3 Å². The van der Waals surface area contributed by atoms with E-state index in [4.69, 9.17) is 4.74 Å². The number of nitrogens with zero attached hydrogens (tertiary/aromatic N) is 4. The highest BCUT2D eigenvalue weighted by atomic mass is 32.1. The van der Waals surface area contributed by atoms with E-state index in [0.717, 1.165) is 40.1 Å². The summed E-state index contributed by atoms with van der Waals surface area (Å²) in [4.78, 5) is 23.8. The second-order valence-corrected chi connectivity index (χ2v) is 10.0. The zero-order chi connectivity index (χ0) is 23.2. The fourth-order valence-corrected chi connectivity index (χ4v) is 5.48. The van der Waals surface area contributed by atoms with Gasteiger partial charge in [-0.05, 0) is 50.8 Å². The van der Waals surface area contributed by atoms with Crippen LogP contribution in [0.25, 0.3) is 15.7 Å². The summed E-state index contributed by atoms with van der Waals surface area (Å²) in [5.41, 5.74) is 2.01. The number of amides is 1. The van der Waals surface area contributed by atoms with Gasteiger partial charge in [-0.1, -0.05) is 0 Å². The second kappa shape index (κ2) is 8.27. The van der Waals surface area contributed by atoms with Crippen molar-refractivity contribution in [2.24, 2.45) is 5.92 Å². The van der Waals surface area contributed by atoms with Crippen molar-refractivity contribution in [3.63, 3.8) is 0 Å². The number of hydrogen-bond donors (Lipinski definition) is 3. The fraction of sp³-hybridized carbons (Fsp3) is 0.391. The van der Waals surface area contributed by atoms with Crippen LogP contribution in [-0.4, -0.2) is 49.9 Å². The van der Waals surface area contributed by atoms with Gasteiger partial charge in [0.1, 0.15) is 17.0 Å². The van der Waals surface area contributed by atoms with E-state index in [1.54, 1.807) is 49.3 Å². The standard InChI is InChI=1S/C23H26N6O3S/c1-23(2,31)11-24-21(30)13-4-5-15-18(8-13)33-22-19(15)20(25-12-26-22)28-16-9-14-6-7-27-29(14)10-17(16)32-3/h6-7,9-10,12-13,31H,4-5,8,11H2,1-3H3,(H,24,30)(H,25,26,28)/t13-/m0/s1. The predicted molar refractivity (Wildman–Crippen MR) is 127 cm³/mol. The number of nitrogens with one attached hydrogen (secondary N) is 2. The highest BCUT2D eigenvalue weighted by molar-refractivity contribution is 7.19.